The van der Waals surface area contributed by atoms with Crippen molar-refractivity contribution >= 4 is 11.6 Å². The molecule has 1 heterocycles. The molecule has 1 saturated heterocycles. The molecule has 1 fully saturated rings. The third-order valence-electron chi connectivity index (χ3n) is 1.85. The van der Waals surface area contributed by atoms with Gasteiger partial charge in [0, 0.05) is 5.69 Å². The van der Waals surface area contributed by atoms with Gasteiger partial charge in [-0.1, -0.05) is 0 Å². The van der Waals surface area contributed by atoms with Crippen molar-refractivity contribution in [2.45, 2.75) is 12.6 Å². The molecule has 0 spiro atoms. The smallest absolute Gasteiger partial charge is 0.228 e. The molecule has 1 unspecified atom stereocenters. The maximum Gasteiger partial charge on any atom is 0.228 e. The van der Waals surface area contributed by atoms with Crippen LogP contribution in [0.1, 0.15) is 6.42 Å². The first-order valence-corrected chi connectivity index (χ1v) is 4.05. The van der Waals surface area contributed by atoms with Gasteiger partial charge in [0.1, 0.15) is 5.75 Å². The second-order valence-corrected chi connectivity index (χ2v) is 2.95. The van der Waals surface area contributed by atoms with E-state index in [1.54, 1.807) is 24.3 Å². The lowest BCUT2D eigenvalue weighted by Gasteiger charge is -2.27. The van der Waals surface area contributed by atoms with Crippen LogP contribution in [0.25, 0.3) is 0 Å². The first-order valence-electron chi connectivity index (χ1n) is 4.05. The monoisotopic (exact) mass is 178 g/mol. The SMILES string of the molecule is Nc1ccc(OC2CC(=O)N2)cc1. The summed E-state index contributed by atoms with van der Waals surface area (Å²) < 4.78 is 5.39. The lowest BCUT2D eigenvalue weighted by molar-refractivity contribution is -0.134. The molecule has 0 bridgehead atoms. The van der Waals surface area contributed by atoms with Crippen LogP contribution in [0.2, 0.25) is 0 Å². The molecule has 4 heteroatoms. The van der Waals surface area contributed by atoms with Crippen molar-refractivity contribution < 1.29 is 9.53 Å². The average Bonchev–Trinajstić information content (AvgIpc) is 2.06. The summed E-state index contributed by atoms with van der Waals surface area (Å²) in [7, 11) is 0. The molecule has 4 nitrogen and oxygen atoms in total. The van der Waals surface area contributed by atoms with Crippen LogP contribution in [0.4, 0.5) is 5.69 Å². The fourth-order valence-electron chi connectivity index (χ4n) is 1.11. The number of hydrogen-bond acceptors (Lipinski definition) is 3. The number of nitrogen functional groups attached to an aromatic ring is 1. The van der Waals surface area contributed by atoms with E-state index in [0.717, 1.165) is 5.75 Å². The zero-order valence-electron chi connectivity index (χ0n) is 6.99. The van der Waals surface area contributed by atoms with Gasteiger partial charge in [-0.05, 0) is 24.3 Å². The highest BCUT2D eigenvalue weighted by Crippen LogP contribution is 2.17. The second-order valence-electron chi connectivity index (χ2n) is 2.95. The van der Waals surface area contributed by atoms with Gasteiger partial charge in [-0.3, -0.25) is 4.79 Å². The van der Waals surface area contributed by atoms with Crippen LogP contribution in [-0.4, -0.2) is 12.1 Å². The van der Waals surface area contributed by atoms with E-state index in [9.17, 15) is 4.79 Å². The predicted octanol–water partition coefficient (Wildman–Crippen LogP) is 0.494. The highest BCUT2D eigenvalue weighted by molar-refractivity contribution is 5.82. The summed E-state index contributed by atoms with van der Waals surface area (Å²) in [5.74, 6) is 0.750. The maximum atomic E-state index is 10.5. The van der Waals surface area contributed by atoms with Gasteiger partial charge in [-0.15, -0.1) is 0 Å². The zero-order valence-corrected chi connectivity index (χ0v) is 6.99. The van der Waals surface area contributed by atoms with Gasteiger partial charge in [0.25, 0.3) is 0 Å². The largest absolute Gasteiger partial charge is 0.470 e. The second kappa shape index (κ2) is 2.97. The summed E-state index contributed by atoms with van der Waals surface area (Å²) in [5.41, 5.74) is 6.20. The Hall–Kier alpha value is -1.71. The molecule has 1 atom stereocenters. The van der Waals surface area contributed by atoms with Gasteiger partial charge in [0.2, 0.25) is 5.91 Å². The van der Waals surface area contributed by atoms with E-state index >= 15 is 0 Å². The van der Waals surface area contributed by atoms with Crippen LogP contribution in [0, 0.1) is 0 Å². The Morgan fingerprint density at radius 2 is 2.00 bits per heavy atom. The summed E-state index contributed by atoms with van der Waals surface area (Å²) in [6, 6.07) is 7.07. The van der Waals surface area contributed by atoms with Crippen LogP contribution >= 0.6 is 0 Å². The van der Waals surface area contributed by atoms with Crippen LogP contribution in [0.5, 0.6) is 5.75 Å². The summed E-state index contributed by atoms with van der Waals surface area (Å²) in [6.45, 7) is 0. The van der Waals surface area contributed by atoms with Crippen molar-refractivity contribution in [3.8, 4) is 5.75 Å². The summed E-state index contributed by atoms with van der Waals surface area (Å²) in [6.07, 6.45) is 0.265. The fourth-order valence-corrected chi connectivity index (χ4v) is 1.11. The molecule has 0 aromatic heterocycles. The molecule has 3 N–H and O–H groups in total. The van der Waals surface area contributed by atoms with Crippen molar-refractivity contribution in [3.63, 3.8) is 0 Å². The molecule has 1 aromatic carbocycles. The van der Waals surface area contributed by atoms with Crippen molar-refractivity contribution in [1.82, 2.24) is 5.32 Å². The molecule has 0 radical (unpaired) electrons. The van der Waals surface area contributed by atoms with Crippen molar-refractivity contribution in [1.29, 1.82) is 0 Å². The lowest BCUT2D eigenvalue weighted by Crippen LogP contribution is -2.51. The molecular weight excluding hydrogens is 168 g/mol. The molecule has 1 aliphatic rings. The Morgan fingerprint density at radius 1 is 1.38 bits per heavy atom. The van der Waals surface area contributed by atoms with E-state index in [1.165, 1.54) is 0 Å². The predicted molar refractivity (Wildman–Crippen MR) is 48.0 cm³/mol. The molecule has 2 rings (SSSR count). The molecule has 0 aliphatic carbocycles. The van der Waals surface area contributed by atoms with Crippen molar-refractivity contribution in [2.24, 2.45) is 0 Å². The van der Waals surface area contributed by atoms with Crippen LogP contribution < -0.4 is 15.8 Å². The normalized spacial score (nSPS) is 20.3. The Morgan fingerprint density at radius 3 is 2.54 bits per heavy atom. The molecule has 0 saturated carbocycles. The lowest BCUT2D eigenvalue weighted by atomic mass is 10.2. The fraction of sp³-hybridized carbons (Fsp3) is 0.222. The van der Waals surface area contributed by atoms with Gasteiger partial charge in [0.15, 0.2) is 6.23 Å². The molecule has 1 aliphatic heterocycles. The van der Waals surface area contributed by atoms with Gasteiger partial charge >= 0.3 is 0 Å². The Kier molecular flexibility index (Phi) is 1.81. The minimum absolute atomic E-state index is 0.0282. The number of carbonyl (C=O) groups excluding carboxylic acids is 1. The number of nitrogens with one attached hydrogen (secondary N) is 1. The minimum atomic E-state index is -0.170. The maximum absolute atomic E-state index is 10.5. The number of rotatable bonds is 2. The van der Waals surface area contributed by atoms with Gasteiger partial charge < -0.3 is 15.8 Å². The van der Waals surface area contributed by atoms with Gasteiger partial charge in [0.05, 0.1) is 6.42 Å². The summed E-state index contributed by atoms with van der Waals surface area (Å²) in [4.78, 5) is 10.5. The topological polar surface area (TPSA) is 64.3 Å². The number of nitrogens with two attached hydrogens (primary N) is 1. The van der Waals surface area contributed by atoms with E-state index in [2.05, 4.69) is 5.32 Å². The van der Waals surface area contributed by atoms with E-state index in [4.69, 9.17) is 10.5 Å². The number of ether oxygens (including phenoxy) is 1. The number of β-lactam (4-membered cyclic amide) rings is 1. The first kappa shape index (κ1) is 7.91. The Labute approximate surface area is 75.7 Å². The molecular formula is C9H10N2O2. The minimum Gasteiger partial charge on any atom is -0.470 e. The van der Waals surface area contributed by atoms with E-state index in [-0.39, 0.29) is 12.1 Å². The van der Waals surface area contributed by atoms with Gasteiger partial charge in [-0.2, -0.15) is 0 Å². The highest BCUT2D eigenvalue weighted by Gasteiger charge is 2.26. The Balaban J connectivity index is 1.95. The molecule has 68 valence electrons. The number of benzene rings is 1. The quantitative estimate of drug-likeness (QED) is 0.511. The zero-order chi connectivity index (χ0) is 9.26. The van der Waals surface area contributed by atoms with Crippen LogP contribution in [0.3, 0.4) is 0 Å². The number of amides is 1. The van der Waals surface area contributed by atoms with Crippen LogP contribution in [-0.2, 0) is 4.79 Å². The third kappa shape index (κ3) is 1.72. The summed E-state index contributed by atoms with van der Waals surface area (Å²) in [5, 5.41) is 2.61. The van der Waals surface area contributed by atoms with Crippen molar-refractivity contribution in [3.05, 3.63) is 24.3 Å². The number of carbonyl (C=O) groups is 1. The Bertz CT molecular complexity index is 313. The van der Waals surface area contributed by atoms with E-state index < -0.39 is 0 Å². The van der Waals surface area contributed by atoms with Crippen molar-refractivity contribution in [2.75, 3.05) is 5.73 Å². The van der Waals surface area contributed by atoms with Crippen LogP contribution in [0.15, 0.2) is 24.3 Å². The number of anilines is 1. The van der Waals surface area contributed by atoms with Gasteiger partial charge in [-0.25, -0.2) is 0 Å². The average molecular weight is 178 g/mol. The molecule has 1 aromatic rings. The summed E-state index contributed by atoms with van der Waals surface area (Å²) >= 11 is 0. The standard InChI is InChI=1S/C9H10N2O2/c10-6-1-3-7(4-2-6)13-9-5-8(12)11-9/h1-4,9H,5,10H2,(H,11,12). The highest BCUT2D eigenvalue weighted by atomic mass is 16.5. The molecule has 13 heavy (non-hydrogen) atoms. The third-order valence-corrected chi connectivity index (χ3v) is 1.85. The van der Waals surface area contributed by atoms with E-state index in [0.29, 0.717) is 12.1 Å². The van der Waals surface area contributed by atoms with E-state index in [1.807, 2.05) is 0 Å². The first-order chi connectivity index (χ1) is 6.24. The molecule has 1 amide bonds. The number of hydrogen-bond donors (Lipinski definition) is 2.